The Morgan fingerprint density at radius 1 is 1.15 bits per heavy atom. The summed E-state index contributed by atoms with van der Waals surface area (Å²) in [5.41, 5.74) is 3.01. The summed E-state index contributed by atoms with van der Waals surface area (Å²) in [5.74, 6) is -0.0271. The van der Waals surface area contributed by atoms with E-state index in [9.17, 15) is 4.39 Å². The first kappa shape index (κ1) is 15.0. The van der Waals surface area contributed by atoms with Gasteiger partial charge in [-0.1, -0.05) is 47.5 Å². The van der Waals surface area contributed by atoms with Crippen molar-refractivity contribution in [3.63, 3.8) is 0 Å². The summed E-state index contributed by atoms with van der Waals surface area (Å²) in [4.78, 5) is 0. The summed E-state index contributed by atoms with van der Waals surface area (Å²) < 4.78 is 13.9. The average Bonchev–Trinajstić information content (AvgIpc) is 2.43. The first-order chi connectivity index (χ1) is 9.61. The van der Waals surface area contributed by atoms with Gasteiger partial charge in [0.05, 0.1) is 0 Å². The van der Waals surface area contributed by atoms with Gasteiger partial charge in [0.1, 0.15) is 5.82 Å². The number of hydrogen-bond acceptors (Lipinski definition) is 1. The maximum absolute atomic E-state index is 13.9. The standard InChI is InChI=1S/C17H19ClFN/c1-12-6-8-13(9-7-12)14(11-20-2)10-15-16(18)4-3-5-17(15)19/h3-9,14,20H,10-11H2,1-2H3. The fourth-order valence-electron chi connectivity index (χ4n) is 2.37. The van der Waals surface area contributed by atoms with Crippen molar-refractivity contribution >= 4 is 11.6 Å². The molecule has 0 aliphatic rings. The van der Waals surface area contributed by atoms with Crippen LogP contribution in [0.2, 0.25) is 5.02 Å². The monoisotopic (exact) mass is 291 g/mol. The number of rotatable bonds is 5. The number of nitrogens with one attached hydrogen (secondary N) is 1. The van der Waals surface area contributed by atoms with Gasteiger partial charge in [-0.05, 0) is 38.1 Å². The van der Waals surface area contributed by atoms with E-state index in [0.29, 0.717) is 17.0 Å². The molecule has 0 fully saturated rings. The highest BCUT2D eigenvalue weighted by Gasteiger charge is 2.16. The van der Waals surface area contributed by atoms with Gasteiger partial charge in [0.2, 0.25) is 0 Å². The minimum atomic E-state index is -0.231. The number of halogens is 2. The Bertz CT molecular complexity index is 545. The van der Waals surface area contributed by atoms with Crippen LogP contribution in [0, 0.1) is 12.7 Å². The third-order valence-electron chi connectivity index (χ3n) is 3.51. The topological polar surface area (TPSA) is 12.0 Å². The minimum absolute atomic E-state index is 0.204. The fourth-order valence-corrected chi connectivity index (χ4v) is 2.61. The van der Waals surface area contributed by atoms with Crippen LogP contribution in [0.1, 0.15) is 22.6 Å². The van der Waals surface area contributed by atoms with Crippen molar-refractivity contribution in [2.75, 3.05) is 13.6 Å². The van der Waals surface area contributed by atoms with Crippen molar-refractivity contribution < 1.29 is 4.39 Å². The molecular weight excluding hydrogens is 273 g/mol. The van der Waals surface area contributed by atoms with Crippen LogP contribution in [0.25, 0.3) is 0 Å². The van der Waals surface area contributed by atoms with Crippen molar-refractivity contribution in [2.45, 2.75) is 19.3 Å². The molecule has 2 aromatic rings. The Morgan fingerprint density at radius 2 is 1.85 bits per heavy atom. The second-order valence-corrected chi connectivity index (χ2v) is 5.48. The third-order valence-corrected chi connectivity index (χ3v) is 3.87. The van der Waals surface area contributed by atoms with Crippen molar-refractivity contribution in [3.05, 3.63) is 70.0 Å². The van der Waals surface area contributed by atoms with Gasteiger partial charge in [-0.2, -0.15) is 0 Å². The van der Waals surface area contributed by atoms with E-state index in [2.05, 4.69) is 36.5 Å². The lowest BCUT2D eigenvalue weighted by Crippen LogP contribution is -2.19. The first-order valence-electron chi connectivity index (χ1n) is 6.76. The van der Waals surface area contributed by atoms with Crippen molar-refractivity contribution in [2.24, 2.45) is 0 Å². The normalized spacial score (nSPS) is 12.4. The SMILES string of the molecule is CNCC(Cc1c(F)cccc1Cl)c1ccc(C)cc1. The molecule has 106 valence electrons. The van der Waals surface area contributed by atoms with Gasteiger partial charge in [0, 0.05) is 23.0 Å². The average molecular weight is 292 g/mol. The molecule has 0 bridgehead atoms. The molecule has 0 radical (unpaired) electrons. The molecule has 2 rings (SSSR count). The Hall–Kier alpha value is -1.38. The molecular formula is C17H19ClFN. The molecule has 0 amide bonds. The summed E-state index contributed by atoms with van der Waals surface area (Å²) in [7, 11) is 1.91. The molecule has 0 saturated carbocycles. The Labute approximate surface area is 124 Å². The zero-order valence-corrected chi connectivity index (χ0v) is 12.5. The number of likely N-dealkylation sites (N-methyl/N-ethyl adjacent to an activating group) is 1. The maximum Gasteiger partial charge on any atom is 0.127 e. The largest absolute Gasteiger partial charge is 0.319 e. The highest BCUT2D eigenvalue weighted by molar-refractivity contribution is 6.31. The van der Waals surface area contributed by atoms with Gasteiger partial charge in [-0.15, -0.1) is 0 Å². The molecule has 1 atom stereocenters. The van der Waals surface area contributed by atoms with Crippen LogP contribution in [-0.4, -0.2) is 13.6 Å². The molecule has 3 heteroatoms. The van der Waals surface area contributed by atoms with E-state index in [4.69, 9.17) is 11.6 Å². The summed E-state index contributed by atoms with van der Waals surface area (Å²) in [6, 6.07) is 13.2. The van der Waals surface area contributed by atoms with Crippen molar-refractivity contribution in [1.82, 2.24) is 5.32 Å². The van der Waals surface area contributed by atoms with Gasteiger partial charge in [-0.25, -0.2) is 4.39 Å². The molecule has 2 aromatic carbocycles. The zero-order chi connectivity index (χ0) is 14.5. The van der Waals surface area contributed by atoms with E-state index in [1.54, 1.807) is 12.1 Å². The molecule has 0 aliphatic heterocycles. The molecule has 0 saturated heterocycles. The molecule has 0 aromatic heterocycles. The van der Waals surface area contributed by atoms with Gasteiger partial charge in [-0.3, -0.25) is 0 Å². The molecule has 1 nitrogen and oxygen atoms in total. The third kappa shape index (κ3) is 3.59. The summed E-state index contributed by atoms with van der Waals surface area (Å²) in [6.07, 6.45) is 0.593. The molecule has 1 N–H and O–H groups in total. The van der Waals surface area contributed by atoms with Crippen molar-refractivity contribution in [1.29, 1.82) is 0 Å². The van der Waals surface area contributed by atoms with Crippen LogP contribution in [0.4, 0.5) is 4.39 Å². The Morgan fingerprint density at radius 3 is 2.45 bits per heavy atom. The van der Waals surface area contributed by atoms with E-state index in [1.165, 1.54) is 17.2 Å². The first-order valence-corrected chi connectivity index (χ1v) is 7.13. The molecule has 20 heavy (non-hydrogen) atoms. The van der Waals surface area contributed by atoms with E-state index < -0.39 is 0 Å². The lowest BCUT2D eigenvalue weighted by Gasteiger charge is -2.18. The Kier molecular flexibility index (Phi) is 5.16. The highest BCUT2D eigenvalue weighted by Crippen LogP contribution is 2.27. The second kappa shape index (κ2) is 6.87. The lowest BCUT2D eigenvalue weighted by molar-refractivity contribution is 0.574. The summed E-state index contributed by atoms with van der Waals surface area (Å²) in [5, 5.41) is 3.67. The van der Waals surface area contributed by atoms with E-state index in [-0.39, 0.29) is 11.7 Å². The molecule has 0 aliphatic carbocycles. The smallest absolute Gasteiger partial charge is 0.127 e. The van der Waals surface area contributed by atoms with Crippen LogP contribution < -0.4 is 5.32 Å². The maximum atomic E-state index is 13.9. The molecule has 0 heterocycles. The molecule has 1 unspecified atom stereocenters. The Balaban J connectivity index is 2.28. The van der Waals surface area contributed by atoms with Crippen LogP contribution in [0.15, 0.2) is 42.5 Å². The predicted octanol–water partition coefficient (Wildman–Crippen LogP) is 4.33. The van der Waals surface area contributed by atoms with Crippen LogP contribution in [-0.2, 0) is 6.42 Å². The second-order valence-electron chi connectivity index (χ2n) is 5.07. The highest BCUT2D eigenvalue weighted by atomic mass is 35.5. The zero-order valence-electron chi connectivity index (χ0n) is 11.8. The quantitative estimate of drug-likeness (QED) is 0.864. The van der Waals surface area contributed by atoms with Crippen LogP contribution in [0.3, 0.4) is 0 Å². The summed E-state index contributed by atoms with van der Waals surface area (Å²) >= 11 is 6.13. The minimum Gasteiger partial charge on any atom is -0.319 e. The lowest BCUT2D eigenvalue weighted by atomic mass is 9.91. The van der Waals surface area contributed by atoms with Crippen LogP contribution in [0.5, 0.6) is 0 Å². The van der Waals surface area contributed by atoms with Crippen LogP contribution >= 0.6 is 11.6 Å². The number of hydrogen-bond donors (Lipinski definition) is 1. The van der Waals surface area contributed by atoms with Gasteiger partial charge < -0.3 is 5.32 Å². The predicted molar refractivity (Wildman–Crippen MR) is 83.0 cm³/mol. The fraction of sp³-hybridized carbons (Fsp3) is 0.294. The van der Waals surface area contributed by atoms with E-state index in [1.807, 2.05) is 7.05 Å². The van der Waals surface area contributed by atoms with E-state index in [0.717, 1.165) is 6.54 Å². The van der Waals surface area contributed by atoms with Gasteiger partial charge in [0.25, 0.3) is 0 Å². The summed E-state index contributed by atoms with van der Waals surface area (Å²) in [6.45, 7) is 2.85. The van der Waals surface area contributed by atoms with Gasteiger partial charge in [0.15, 0.2) is 0 Å². The molecule has 0 spiro atoms. The van der Waals surface area contributed by atoms with Crippen molar-refractivity contribution in [3.8, 4) is 0 Å². The number of aryl methyl sites for hydroxylation is 1. The number of benzene rings is 2. The van der Waals surface area contributed by atoms with E-state index >= 15 is 0 Å². The van der Waals surface area contributed by atoms with Gasteiger partial charge >= 0.3 is 0 Å².